The zero-order valence-electron chi connectivity index (χ0n) is 15.2. The monoisotopic (exact) mass is 381 g/mol. The maximum absolute atomic E-state index is 13.4. The van der Waals surface area contributed by atoms with E-state index in [1.807, 2.05) is 4.90 Å². The van der Waals surface area contributed by atoms with E-state index in [9.17, 15) is 18.0 Å². The molecule has 1 aromatic heterocycles. The second-order valence-electron chi connectivity index (χ2n) is 6.89. The molecule has 0 amide bonds. The van der Waals surface area contributed by atoms with Crippen molar-refractivity contribution in [1.82, 2.24) is 10.3 Å². The van der Waals surface area contributed by atoms with Gasteiger partial charge in [0.2, 0.25) is 0 Å². The Morgan fingerprint density at radius 2 is 2.11 bits per heavy atom. The molecule has 1 aliphatic rings. The second-order valence-corrected chi connectivity index (χ2v) is 6.89. The van der Waals surface area contributed by atoms with Crippen molar-refractivity contribution in [2.75, 3.05) is 31.6 Å². The molecule has 1 saturated heterocycles. The molecule has 146 valence electrons. The van der Waals surface area contributed by atoms with Crippen LogP contribution in [0.4, 0.5) is 18.9 Å². The van der Waals surface area contributed by atoms with Gasteiger partial charge in [0, 0.05) is 29.9 Å². The van der Waals surface area contributed by atoms with Gasteiger partial charge in [0.15, 0.2) is 0 Å². The van der Waals surface area contributed by atoms with Crippen molar-refractivity contribution in [1.29, 1.82) is 0 Å². The molecule has 1 aromatic carbocycles. The van der Waals surface area contributed by atoms with Crippen LogP contribution in [-0.2, 0) is 15.7 Å². The lowest BCUT2D eigenvalue weighted by Gasteiger charge is -2.38. The molecular weight excluding hydrogens is 359 g/mol. The van der Waals surface area contributed by atoms with Gasteiger partial charge in [0.05, 0.1) is 18.2 Å². The van der Waals surface area contributed by atoms with Crippen molar-refractivity contribution >= 4 is 22.6 Å². The van der Waals surface area contributed by atoms with Crippen LogP contribution in [0.3, 0.4) is 0 Å². The quantitative estimate of drug-likeness (QED) is 0.824. The predicted octanol–water partition coefficient (Wildman–Crippen LogP) is 3.23. The van der Waals surface area contributed by atoms with Crippen molar-refractivity contribution < 1.29 is 22.7 Å². The first-order valence-electron chi connectivity index (χ1n) is 8.80. The lowest BCUT2D eigenvalue weighted by atomic mass is 9.95. The lowest BCUT2D eigenvalue weighted by Crippen LogP contribution is -2.50. The van der Waals surface area contributed by atoms with Gasteiger partial charge in [-0.15, -0.1) is 0 Å². The highest BCUT2D eigenvalue weighted by Crippen LogP contribution is 2.38. The Balaban J connectivity index is 2.11. The maximum Gasteiger partial charge on any atom is 0.418 e. The number of alkyl halides is 3. The van der Waals surface area contributed by atoms with Gasteiger partial charge in [-0.1, -0.05) is 6.92 Å². The molecule has 0 bridgehead atoms. The third-order valence-corrected chi connectivity index (χ3v) is 4.88. The van der Waals surface area contributed by atoms with Gasteiger partial charge in [-0.25, -0.2) is 0 Å². The SMILES string of the molecule is COC(=O)CN(c1ccc(C(F)(F)F)c2ncccc12)[C@H]1CNC[C@@H](C)C1. The minimum Gasteiger partial charge on any atom is -0.468 e. The first-order chi connectivity index (χ1) is 12.8. The molecule has 1 N–H and O–H groups in total. The van der Waals surface area contributed by atoms with Crippen LogP contribution in [0.5, 0.6) is 0 Å². The number of halogens is 3. The normalized spacial score (nSPS) is 20.5. The van der Waals surface area contributed by atoms with Crippen LogP contribution >= 0.6 is 0 Å². The first kappa shape index (κ1) is 19.4. The van der Waals surface area contributed by atoms with Gasteiger partial charge in [-0.3, -0.25) is 9.78 Å². The number of methoxy groups -OCH3 is 1. The Morgan fingerprint density at radius 1 is 1.33 bits per heavy atom. The third kappa shape index (κ3) is 4.16. The molecule has 8 heteroatoms. The van der Waals surface area contributed by atoms with E-state index in [0.29, 0.717) is 23.5 Å². The summed E-state index contributed by atoms with van der Waals surface area (Å²) in [5.41, 5.74) is -0.346. The summed E-state index contributed by atoms with van der Waals surface area (Å²) < 4.78 is 45.0. The molecule has 2 atom stereocenters. The summed E-state index contributed by atoms with van der Waals surface area (Å²) >= 11 is 0. The number of anilines is 1. The van der Waals surface area contributed by atoms with Gasteiger partial charge < -0.3 is 15.0 Å². The third-order valence-electron chi connectivity index (χ3n) is 4.88. The summed E-state index contributed by atoms with van der Waals surface area (Å²) in [5.74, 6) is -0.0482. The van der Waals surface area contributed by atoms with Gasteiger partial charge in [-0.2, -0.15) is 13.2 Å². The highest BCUT2D eigenvalue weighted by atomic mass is 19.4. The van der Waals surface area contributed by atoms with Gasteiger partial charge in [0.1, 0.15) is 6.54 Å². The minimum atomic E-state index is -4.50. The number of hydrogen-bond acceptors (Lipinski definition) is 5. The number of aromatic nitrogens is 1. The van der Waals surface area contributed by atoms with Crippen molar-refractivity contribution in [3.8, 4) is 0 Å². The smallest absolute Gasteiger partial charge is 0.418 e. The van der Waals surface area contributed by atoms with Crippen LogP contribution in [0.15, 0.2) is 30.5 Å². The molecular formula is C19H22F3N3O2. The fourth-order valence-corrected chi connectivity index (χ4v) is 3.62. The highest BCUT2D eigenvalue weighted by molar-refractivity contribution is 5.95. The molecule has 0 aliphatic carbocycles. The van der Waals surface area contributed by atoms with E-state index in [1.54, 1.807) is 12.1 Å². The molecule has 0 radical (unpaired) electrons. The van der Waals surface area contributed by atoms with Crippen LogP contribution in [-0.4, -0.2) is 43.7 Å². The number of esters is 1. The van der Waals surface area contributed by atoms with E-state index in [1.165, 1.54) is 19.4 Å². The number of nitrogens with zero attached hydrogens (tertiary/aromatic N) is 2. The molecule has 0 spiro atoms. The maximum atomic E-state index is 13.4. The van der Waals surface area contributed by atoms with Crippen LogP contribution < -0.4 is 10.2 Å². The van der Waals surface area contributed by atoms with E-state index < -0.39 is 17.7 Å². The summed E-state index contributed by atoms with van der Waals surface area (Å²) in [6, 6.07) is 5.64. The van der Waals surface area contributed by atoms with Gasteiger partial charge in [-0.05, 0) is 43.1 Å². The Morgan fingerprint density at radius 3 is 2.78 bits per heavy atom. The Hall–Kier alpha value is -2.35. The number of carbonyl (C=O) groups is 1. The van der Waals surface area contributed by atoms with Crippen LogP contribution in [0.25, 0.3) is 10.9 Å². The summed E-state index contributed by atoms with van der Waals surface area (Å²) in [4.78, 5) is 17.8. The number of nitrogens with one attached hydrogen (secondary N) is 1. The summed E-state index contributed by atoms with van der Waals surface area (Å²) in [7, 11) is 1.30. The number of ether oxygens (including phenoxy) is 1. The van der Waals surface area contributed by atoms with Crippen molar-refractivity contribution in [3.63, 3.8) is 0 Å². The second kappa shape index (κ2) is 7.72. The van der Waals surface area contributed by atoms with Crippen molar-refractivity contribution in [3.05, 3.63) is 36.0 Å². The van der Waals surface area contributed by atoms with Crippen LogP contribution in [0, 0.1) is 5.92 Å². The van der Waals surface area contributed by atoms with Crippen molar-refractivity contribution in [2.45, 2.75) is 25.6 Å². The largest absolute Gasteiger partial charge is 0.468 e. The fourth-order valence-electron chi connectivity index (χ4n) is 3.62. The number of pyridine rings is 1. The Kier molecular flexibility index (Phi) is 5.55. The molecule has 5 nitrogen and oxygen atoms in total. The summed E-state index contributed by atoms with van der Waals surface area (Å²) in [6.07, 6.45) is -2.33. The van der Waals surface area contributed by atoms with E-state index in [4.69, 9.17) is 4.74 Å². The van der Waals surface area contributed by atoms with E-state index >= 15 is 0 Å². The van der Waals surface area contributed by atoms with Crippen molar-refractivity contribution in [2.24, 2.45) is 5.92 Å². The number of rotatable bonds is 4. The number of fused-ring (bicyclic) bond motifs is 1. The van der Waals surface area contributed by atoms with Gasteiger partial charge in [0.25, 0.3) is 0 Å². The average Bonchev–Trinajstić information content (AvgIpc) is 2.64. The van der Waals surface area contributed by atoms with E-state index in [0.717, 1.165) is 19.0 Å². The topological polar surface area (TPSA) is 54.5 Å². The number of hydrogen-bond donors (Lipinski definition) is 1. The Labute approximate surface area is 155 Å². The number of carbonyl (C=O) groups excluding carboxylic acids is 1. The summed E-state index contributed by atoms with van der Waals surface area (Å²) in [6.45, 7) is 3.58. The zero-order valence-corrected chi connectivity index (χ0v) is 15.2. The predicted molar refractivity (Wildman–Crippen MR) is 96.5 cm³/mol. The molecule has 2 aromatic rings. The van der Waals surface area contributed by atoms with E-state index in [-0.39, 0.29) is 18.1 Å². The zero-order chi connectivity index (χ0) is 19.6. The Bertz CT molecular complexity index is 825. The highest BCUT2D eigenvalue weighted by Gasteiger charge is 2.35. The molecule has 2 heterocycles. The first-order valence-corrected chi connectivity index (χ1v) is 8.80. The van der Waals surface area contributed by atoms with Gasteiger partial charge >= 0.3 is 12.1 Å². The van der Waals surface area contributed by atoms with Crippen LogP contribution in [0.1, 0.15) is 18.9 Å². The molecule has 3 rings (SSSR count). The fraction of sp³-hybridized carbons (Fsp3) is 0.474. The molecule has 1 fully saturated rings. The molecule has 0 unspecified atom stereocenters. The lowest BCUT2D eigenvalue weighted by molar-refractivity contribution is -0.139. The molecule has 1 aliphatic heterocycles. The summed E-state index contributed by atoms with van der Waals surface area (Å²) in [5, 5.41) is 3.69. The standard InChI is InChI=1S/C19H22F3N3O2/c1-12-8-13(10-23-9-12)25(11-17(26)27-2)16-6-5-15(19(20,21)22)18-14(16)4-3-7-24-18/h3-7,12-13,23H,8-11H2,1-2H3/t12-,13+/m0/s1. The molecule has 27 heavy (non-hydrogen) atoms. The average molecular weight is 381 g/mol. The number of piperidine rings is 1. The minimum absolute atomic E-state index is 0.0343. The number of benzene rings is 1. The van der Waals surface area contributed by atoms with E-state index in [2.05, 4.69) is 17.2 Å². The molecule has 0 saturated carbocycles. The van der Waals surface area contributed by atoms with Crippen LogP contribution in [0.2, 0.25) is 0 Å².